The van der Waals surface area contributed by atoms with Crippen molar-refractivity contribution < 1.29 is 9.59 Å². The highest BCUT2D eigenvalue weighted by Gasteiger charge is 2.28. The van der Waals surface area contributed by atoms with Crippen LogP contribution in [0.1, 0.15) is 39.5 Å². The van der Waals surface area contributed by atoms with Crippen molar-refractivity contribution in [3.63, 3.8) is 0 Å². The van der Waals surface area contributed by atoms with E-state index in [1.165, 1.54) is 0 Å². The van der Waals surface area contributed by atoms with Crippen LogP contribution >= 0.6 is 0 Å². The van der Waals surface area contributed by atoms with Crippen LogP contribution in [0.2, 0.25) is 0 Å². The summed E-state index contributed by atoms with van der Waals surface area (Å²) in [7, 11) is 1.87. The monoisotopic (exact) mass is 226 g/mol. The molecular weight excluding hydrogens is 204 g/mol. The van der Waals surface area contributed by atoms with Crippen molar-refractivity contribution >= 4 is 11.8 Å². The third kappa shape index (κ3) is 2.97. The molecule has 16 heavy (non-hydrogen) atoms. The summed E-state index contributed by atoms with van der Waals surface area (Å²) in [4.78, 5) is 25.0. The predicted molar refractivity (Wildman–Crippen MR) is 62.9 cm³/mol. The quantitative estimate of drug-likeness (QED) is 0.782. The van der Waals surface area contributed by atoms with Crippen LogP contribution in [0.4, 0.5) is 0 Å². The average molecular weight is 226 g/mol. The summed E-state index contributed by atoms with van der Waals surface area (Å²) in [5.74, 6) is 0.214. The van der Waals surface area contributed by atoms with Gasteiger partial charge < -0.3 is 10.2 Å². The zero-order chi connectivity index (χ0) is 12.1. The molecule has 1 aliphatic heterocycles. The molecule has 1 aliphatic rings. The molecule has 0 aromatic carbocycles. The van der Waals surface area contributed by atoms with Gasteiger partial charge in [0.2, 0.25) is 11.8 Å². The van der Waals surface area contributed by atoms with Gasteiger partial charge in [0.25, 0.3) is 0 Å². The fourth-order valence-electron chi connectivity index (χ4n) is 2.25. The second kappa shape index (κ2) is 5.87. The molecule has 0 bridgehead atoms. The zero-order valence-corrected chi connectivity index (χ0v) is 10.5. The van der Waals surface area contributed by atoms with Crippen LogP contribution in [0.15, 0.2) is 0 Å². The summed E-state index contributed by atoms with van der Waals surface area (Å²) in [5.41, 5.74) is 0. The van der Waals surface area contributed by atoms with Crippen molar-refractivity contribution in [1.29, 1.82) is 0 Å². The molecule has 92 valence electrons. The van der Waals surface area contributed by atoms with E-state index in [0.717, 1.165) is 12.8 Å². The lowest BCUT2D eigenvalue weighted by Crippen LogP contribution is -2.46. The molecule has 0 radical (unpaired) electrons. The van der Waals surface area contributed by atoms with Gasteiger partial charge in [0, 0.05) is 26.1 Å². The highest BCUT2D eigenvalue weighted by molar-refractivity contribution is 5.83. The molecule has 4 heteroatoms. The fraction of sp³-hybridized carbons (Fsp3) is 0.833. The van der Waals surface area contributed by atoms with Crippen molar-refractivity contribution in [3.05, 3.63) is 0 Å². The van der Waals surface area contributed by atoms with Crippen LogP contribution in [0, 0.1) is 5.92 Å². The molecule has 0 aromatic rings. The topological polar surface area (TPSA) is 49.4 Å². The second-order valence-corrected chi connectivity index (χ2v) is 4.46. The fourth-order valence-corrected chi connectivity index (χ4v) is 2.25. The molecule has 0 spiro atoms. The number of nitrogens with one attached hydrogen (secondary N) is 1. The molecule has 1 N–H and O–H groups in total. The number of nitrogens with zero attached hydrogens (tertiary/aromatic N) is 1. The van der Waals surface area contributed by atoms with Gasteiger partial charge in [-0.3, -0.25) is 9.59 Å². The van der Waals surface area contributed by atoms with E-state index >= 15 is 0 Å². The molecule has 2 amide bonds. The van der Waals surface area contributed by atoms with E-state index < -0.39 is 0 Å². The number of amides is 2. The number of piperidine rings is 1. The lowest BCUT2D eigenvalue weighted by Gasteiger charge is -2.31. The molecule has 0 saturated carbocycles. The van der Waals surface area contributed by atoms with Crippen LogP contribution in [-0.4, -0.2) is 36.3 Å². The maximum Gasteiger partial charge on any atom is 0.227 e. The van der Waals surface area contributed by atoms with Crippen molar-refractivity contribution in [2.75, 3.05) is 13.6 Å². The lowest BCUT2D eigenvalue weighted by atomic mass is 9.96. The van der Waals surface area contributed by atoms with E-state index in [4.69, 9.17) is 0 Å². The van der Waals surface area contributed by atoms with Crippen molar-refractivity contribution in [3.8, 4) is 0 Å². The second-order valence-electron chi connectivity index (χ2n) is 4.46. The molecular formula is C12H22N2O2. The summed E-state index contributed by atoms with van der Waals surface area (Å²) >= 11 is 0. The SMILES string of the molecule is CCC(CC)N(C)C(=O)C1CCC(=O)NC1. The van der Waals surface area contributed by atoms with Crippen molar-refractivity contribution in [2.45, 2.75) is 45.6 Å². The Morgan fingerprint density at radius 1 is 1.50 bits per heavy atom. The summed E-state index contributed by atoms with van der Waals surface area (Å²) < 4.78 is 0. The van der Waals surface area contributed by atoms with Gasteiger partial charge in [0.05, 0.1) is 5.92 Å². The summed E-state index contributed by atoms with van der Waals surface area (Å²) in [5, 5.41) is 2.76. The van der Waals surface area contributed by atoms with Gasteiger partial charge in [-0.25, -0.2) is 0 Å². The standard InChI is InChI=1S/C12H22N2O2/c1-4-10(5-2)14(3)12(16)9-6-7-11(15)13-8-9/h9-10H,4-8H2,1-3H3,(H,13,15). The first-order valence-corrected chi connectivity index (χ1v) is 6.13. The van der Waals surface area contributed by atoms with Gasteiger partial charge >= 0.3 is 0 Å². The molecule has 0 aliphatic carbocycles. The Labute approximate surface area is 97.4 Å². The largest absolute Gasteiger partial charge is 0.355 e. The van der Waals surface area contributed by atoms with Crippen LogP contribution in [0.3, 0.4) is 0 Å². The van der Waals surface area contributed by atoms with Gasteiger partial charge in [-0.2, -0.15) is 0 Å². The number of hydrogen-bond donors (Lipinski definition) is 1. The van der Waals surface area contributed by atoms with Gasteiger partial charge in [0.15, 0.2) is 0 Å². The van der Waals surface area contributed by atoms with Crippen LogP contribution < -0.4 is 5.32 Å². The zero-order valence-electron chi connectivity index (χ0n) is 10.5. The third-order valence-corrected chi connectivity index (χ3v) is 3.45. The van der Waals surface area contributed by atoms with Gasteiger partial charge in [0.1, 0.15) is 0 Å². The summed E-state index contributed by atoms with van der Waals surface area (Å²) in [6.07, 6.45) is 3.14. The predicted octanol–water partition coefficient (Wildman–Crippen LogP) is 1.16. The average Bonchev–Trinajstić information content (AvgIpc) is 2.30. The highest BCUT2D eigenvalue weighted by Crippen LogP contribution is 2.16. The maximum atomic E-state index is 12.1. The van der Waals surface area contributed by atoms with Gasteiger partial charge in [-0.1, -0.05) is 13.8 Å². The first-order valence-electron chi connectivity index (χ1n) is 6.13. The van der Waals surface area contributed by atoms with E-state index in [2.05, 4.69) is 19.2 Å². The number of carbonyl (C=O) groups excluding carboxylic acids is 2. The first-order chi connectivity index (χ1) is 7.60. The van der Waals surface area contributed by atoms with Crippen LogP contribution in [0.5, 0.6) is 0 Å². The molecule has 1 saturated heterocycles. The highest BCUT2D eigenvalue weighted by atomic mass is 16.2. The molecule has 1 fully saturated rings. The molecule has 1 atom stereocenters. The Kier molecular flexibility index (Phi) is 4.77. The number of carbonyl (C=O) groups is 2. The molecule has 4 nitrogen and oxygen atoms in total. The van der Waals surface area contributed by atoms with E-state index in [9.17, 15) is 9.59 Å². The van der Waals surface area contributed by atoms with E-state index in [-0.39, 0.29) is 17.7 Å². The first kappa shape index (κ1) is 13.0. The van der Waals surface area contributed by atoms with Crippen LogP contribution in [-0.2, 0) is 9.59 Å². The summed E-state index contributed by atoms with van der Waals surface area (Å²) in [6, 6.07) is 0.324. The molecule has 1 rings (SSSR count). The third-order valence-electron chi connectivity index (χ3n) is 3.45. The number of hydrogen-bond acceptors (Lipinski definition) is 2. The summed E-state index contributed by atoms with van der Waals surface area (Å²) in [6.45, 7) is 4.70. The van der Waals surface area contributed by atoms with Crippen molar-refractivity contribution in [1.82, 2.24) is 10.2 Å². The van der Waals surface area contributed by atoms with Crippen molar-refractivity contribution in [2.24, 2.45) is 5.92 Å². The molecule has 1 heterocycles. The molecule has 0 aromatic heterocycles. The Balaban J connectivity index is 2.53. The maximum absolute atomic E-state index is 12.1. The minimum atomic E-state index is -0.0247. The minimum absolute atomic E-state index is 0.0247. The minimum Gasteiger partial charge on any atom is -0.355 e. The Hall–Kier alpha value is -1.06. The smallest absolute Gasteiger partial charge is 0.227 e. The Morgan fingerprint density at radius 3 is 2.56 bits per heavy atom. The Morgan fingerprint density at radius 2 is 2.12 bits per heavy atom. The van der Waals surface area contributed by atoms with E-state index in [0.29, 0.717) is 25.4 Å². The van der Waals surface area contributed by atoms with E-state index in [1.807, 2.05) is 11.9 Å². The lowest BCUT2D eigenvalue weighted by molar-refractivity contribution is -0.138. The van der Waals surface area contributed by atoms with E-state index in [1.54, 1.807) is 0 Å². The normalized spacial score (nSPS) is 20.8. The molecule has 1 unspecified atom stereocenters. The number of rotatable bonds is 4. The Bertz CT molecular complexity index is 252. The van der Waals surface area contributed by atoms with Gasteiger partial charge in [-0.05, 0) is 19.3 Å². The van der Waals surface area contributed by atoms with Gasteiger partial charge in [-0.15, -0.1) is 0 Å². The van der Waals surface area contributed by atoms with Crippen LogP contribution in [0.25, 0.3) is 0 Å².